The molecule has 0 bridgehead atoms. The molecular formula is C7H8FNO. The molecule has 0 amide bonds. The monoisotopic (exact) mass is 142 g/mol. The molecule has 2 nitrogen and oxygen atoms in total. The van der Waals surface area contributed by atoms with E-state index in [9.17, 15) is 4.39 Å². The van der Waals surface area contributed by atoms with Gasteiger partial charge in [0.15, 0.2) is 11.6 Å². The maximum atomic E-state index is 12.7. The number of rotatable bonds is 2. The highest BCUT2D eigenvalue weighted by Gasteiger charge is 1.98. The van der Waals surface area contributed by atoms with E-state index >= 15 is 0 Å². The van der Waals surface area contributed by atoms with Gasteiger partial charge in [-0.25, -0.2) is 4.39 Å². The highest BCUT2D eigenvalue weighted by atomic mass is 19.1. The van der Waals surface area contributed by atoms with Crippen LogP contribution in [0, 0.1) is 5.82 Å². The second kappa shape index (κ2) is 3.15. The molecule has 0 unspecified atom stereocenters. The molecule has 0 saturated carbocycles. The van der Waals surface area contributed by atoms with Crippen LogP contribution in [0.15, 0.2) is 18.4 Å². The van der Waals surface area contributed by atoms with Gasteiger partial charge < -0.3 is 4.74 Å². The Morgan fingerprint density at radius 3 is 3.40 bits per heavy atom. The lowest BCUT2D eigenvalue weighted by molar-refractivity contribution is 0.320. The minimum Gasteiger partial charge on any atom is -0.491 e. The molecule has 0 spiro atoms. The highest BCUT2D eigenvalue weighted by Crippen LogP contribution is 2.12. The average Bonchev–Trinajstić information content (AvgIpc) is 1.98. The van der Waals surface area contributed by atoms with Crippen LogP contribution in [-0.2, 0) is 0 Å². The topological polar surface area (TPSA) is 22.1 Å². The zero-order chi connectivity index (χ0) is 8.27. The first-order valence-corrected chi connectivity index (χ1v) is 2.99. The van der Waals surface area contributed by atoms with E-state index in [1.807, 2.05) is 0 Å². The van der Waals surface area contributed by atoms with Gasteiger partial charge in [0.1, 0.15) is 0 Å². The second-order valence-electron chi connectivity index (χ2n) is 1.68. The van der Waals surface area contributed by atoms with Crippen molar-refractivity contribution in [3.8, 4) is 5.75 Å². The van der Waals surface area contributed by atoms with Gasteiger partial charge in [0.05, 0.1) is 14.2 Å². The SMILES string of the molecule is [2H]c1cc(OCC)c(F)cn1. The molecular weight excluding hydrogens is 133 g/mol. The van der Waals surface area contributed by atoms with E-state index in [4.69, 9.17) is 6.11 Å². The van der Waals surface area contributed by atoms with E-state index in [2.05, 4.69) is 4.98 Å². The van der Waals surface area contributed by atoms with Crippen LogP contribution < -0.4 is 4.74 Å². The predicted molar refractivity (Wildman–Crippen MR) is 35.4 cm³/mol. The van der Waals surface area contributed by atoms with Crippen LogP contribution in [-0.4, -0.2) is 11.6 Å². The van der Waals surface area contributed by atoms with Crippen molar-refractivity contribution >= 4 is 0 Å². The third-order valence-corrected chi connectivity index (χ3v) is 0.983. The van der Waals surface area contributed by atoms with E-state index in [1.165, 1.54) is 6.07 Å². The number of pyridine rings is 1. The summed E-state index contributed by atoms with van der Waals surface area (Å²) in [6.45, 7) is 2.14. The largest absolute Gasteiger partial charge is 0.491 e. The summed E-state index contributed by atoms with van der Waals surface area (Å²) in [5.74, 6) is -0.435. The van der Waals surface area contributed by atoms with Crippen molar-refractivity contribution < 1.29 is 10.5 Å². The molecule has 0 saturated heterocycles. The van der Waals surface area contributed by atoms with Crippen LogP contribution in [0.25, 0.3) is 0 Å². The molecule has 0 radical (unpaired) electrons. The fraction of sp³-hybridized carbons (Fsp3) is 0.286. The zero-order valence-electron chi connectivity index (χ0n) is 6.60. The van der Waals surface area contributed by atoms with Crippen LogP contribution in [0.1, 0.15) is 8.29 Å². The van der Waals surface area contributed by atoms with Gasteiger partial charge in [0, 0.05) is 12.2 Å². The van der Waals surface area contributed by atoms with Gasteiger partial charge in [-0.05, 0) is 6.92 Å². The first-order valence-electron chi connectivity index (χ1n) is 3.49. The van der Waals surface area contributed by atoms with Crippen molar-refractivity contribution in [2.75, 3.05) is 6.61 Å². The number of hydrogen-bond acceptors (Lipinski definition) is 2. The molecule has 0 atom stereocenters. The molecule has 10 heavy (non-hydrogen) atoms. The summed E-state index contributed by atoms with van der Waals surface area (Å²) in [4.78, 5) is 3.43. The molecule has 3 heteroatoms. The lowest BCUT2D eigenvalue weighted by atomic mass is 10.4. The second-order valence-corrected chi connectivity index (χ2v) is 1.68. The Morgan fingerprint density at radius 1 is 1.90 bits per heavy atom. The van der Waals surface area contributed by atoms with Gasteiger partial charge in [0.2, 0.25) is 0 Å². The van der Waals surface area contributed by atoms with E-state index < -0.39 is 5.82 Å². The van der Waals surface area contributed by atoms with Crippen molar-refractivity contribution in [1.82, 2.24) is 4.98 Å². The summed E-state index contributed by atoms with van der Waals surface area (Å²) in [6.07, 6.45) is 0.989. The van der Waals surface area contributed by atoms with Gasteiger partial charge in [-0.1, -0.05) is 0 Å². The highest BCUT2D eigenvalue weighted by molar-refractivity contribution is 5.19. The first kappa shape index (κ1) is 5.65. The summed E-state index contributed by atoms with van der Waals surface area (Å²) < 4.78 is 24.6. The molecule has 0 aliphatic heterocycles. The van der Waals surface area contributed by atoms with Crippen LogP contribution in [0.3, 0.4) is 0 Å². The molecule has 1 heterocycles. The number of nitrogens with zero attached hydrogens (tertiary/aromatic N) is 1. The zero-order valence-corrected chi connectivity index (χ0v) is 5.60. The first-order chi connectivity index (χ1) is 5.24. The van der Waals surface area contributed by atoms with Crippen LogP contribution >= 0.6 is 0 Å². The Bertz CT molecular complexity index is 254. The minimum atomic E-state index is -0.525. The molecule has 54 valence electrons. The maximum Gasteiger partial charge on any atom is 0.183 e. The van der Waals surface area contributed by atoms with Crippen LogP contribution in [0.5, 0.6) is 5.75 Å². The Labute approximate surface area is 60.1 Å². The summed E-state index contributed by atoms with van der Waals surface area (Å²) in [7, 11) is 0. The fourth-order valence-electron chi connectivity index (χ4n) is 0.589. The van der Waals surface area contributed by atoms with Crippen molar-refractivity contribution in [2.45, 2.75) is 6.92 Å². The maximum absolute atomic E-state index is 12.7. The number of halogens is 1. The summed E-state index contributed by atoms with van der Waals surface area (Å²) in [5.41, 5.74) is 0. The summed E-state index contributed by atoms with van der Waals surface area (Å²) in [6, 6.07) is 1.25. The molecule has 0 aromatic carbocycles. The molecule has 0 N–H and O–H groups in total. The van der Waals surface area contributed by atoms with E-state index in [0.29, 0.717) is 6.61 Å². The van der Waals surface area contributed by atoms with Gasteiger partial charge in [-0.2, -0.15) is 0 Å². The predicted octanol–water partition coefficient (Wildman–Crippen LogP) is 1.62. The summed E-state index contributed by atoms with van der Waals surface area (Å²) in [5, 5.41) is 0. The van der Waals surface area contributed by atoms with Gasteiger partial charge in [-0.15, -0.1) is 0 Å². The van der Waals surface area contributed by atoms with Crippen LogP contribution in [0.4, 0.5) is 4.39 Å². The van der Waals surface area contributed by atoms with Gasteiger partial charge in [0.25, 0.3) is 0 Å². The van der Waals surface area contributed by atoms with Crippen molar-refractivity contribution in [2.24, 2.45) is 0 Å². The van der Waals surface area contributed by atoms with Crippen molar-refractivity contribution in [3.05, 3.63) is 24.3 Å². The van der Waals surface area contributed by atoms with Gasteiger partial charge in [-0.3, -0.25) is 4.98 Å². The molecule has 0 fully saturated rings. The average molecular weight is 142 g/mol. The Balaban J connectivity index is 2.93. The number of hydrogen-bond donors (Lipinski definition) is 0. The smallest absolute Gasteiger partial charge is 0.183 e. The van der Waals surface area contributed by atoms with E-state index in [1.54, 1.807) is 6.92 Å². The van der Waals surface area contributed by atoms with Gasteiger partial charge >= 0.3 is 0 Å². The normalized spacial score (nSPS) is 10.8. The molecule has 1 rings (SSSR count). The standard InChI is InChI=1S/C7H8FNO/c1-2-10-7-3-4-9-5-6(7)8/h3-5H,2H2,1H3/i4D. The van der Waals surface area contributed by atoms with Crippen molar-refractivity contribution in [1.29, 1.82) is 0 Å². The number of aromatic nitrogens is 1. The number of ether oxygens (including phenoxy) is 1. The quantitative estimate of drug-likeness (QED) is 0.626. The summed E-state index contributed by atoms with van der Waals surface area (Å²) >= 11 is 0. The fourth-order valence-corrected chi connectivity index (χ4v) is 0.589. The molecule has 0 aliphatic carbocycles. The lowest BCUT2D eigenvalue weighted by Crippen LogP contribution is -1.94. The third-order valence-electron chi connectivity index (χ3n) is 0.983. The minimum absolute atomic E-state index is 0.00912. The molecule has 1 aromatic rings. The Morgan fingerprint density at radius 2 is 2.70 bits per heavy atom. The Hall–Kier alpha value is -1.12. The molecule has 1 aromatic heterocycles. The Kier molecular flexibility index (Phi) is 1.78. The van der Waals surface area contributed by atoms with Crippen molar-refractivity contribution in [3.63, 3.8) is 0 Å². The van der Waals surface area contributed by atoms with E-state index in [-0.39, 0.29) is 11.9 Å². The lowest BCUT2D eigenvalue weighted by Gasteiger charge is -2.01. The van der Waals surface area contributed by atoms with Crippen LogP contribution in [0.2, 0.25) is 0 Å². The third kappa shape index (κ3) is 1.43. The molecule has 0 aliphatic rings. The van der Waals surface area contributed by atoms with E-state index in [0.717, 1.165) is 6.20 Å².